The van der Waals surface area contributed by atoms with Crippen molar-refractivity contribution >= 4 is 40.6 Å². The molecule has 4 atom stereocenters. The van der Waals surface area contributed by atoms with Gasteiger partial charge in [-0.05, 0) is 54.5 Å². The highest BCUT2D eigenvalue weighted by Crippen LogP contribution is 2.35. The Morgan fingerprint density at radius 1 is 1.11 bits per heavy atom. The Bertz CT molecular complexity index is 1470. The number of amides is 2. The number of carbonyl (C=O) groups is 2. The Kier molecular flexibility index (Phi) is 11.2. The lowest BCUT2D eigenvalue weighted by molar-refractivity contribution is -0.122. The molecular formula is C31H33F4N3O4S2. The van der Waals surface area contributed by atoms with Crippen LogP contribution in [0.1, 0.15) is 42.1 Å². The van der Waals surface area contributed by atoms with E-state index >= 15 is 4.39 Å². The van der Waals surface area contributed by atoms with Gasteiger partial charge in [0, 0.05) is 35.2 Å². The van der Waals surface area contributed by atoms with Crippen LogP contribution in [-0.2, 0) is 22.4 Å². The van der Waals surface area contributed by atoms with Gasteiger partial charge in [-0.25, -0.2) is 4.39 Å². The van der Waals surface area contributed by atoms with Crippen molar-refractivity contribution in [1.82, 2.24) is 5.32 Å². The number of hydrogen-bond acceptors (Lipinski definition) is 6. The van der Waals surface area contributed by atoms with Gasteiger partial charge in [-0.1, -0.05) is 55.6 Å². The highest BCUT2D eigenvalue weighted by atomic mass is 32.2. The van der Waals surface area contributed by atoms with Crippen LogP contribution in [0.4, 0.5) is 23.2 Å². The first-order valence-electron chi connectivity index (χ1n) is 13.9. The zero-order valence-electron chi connectivity index (χ0n) is 24.1. The summed E-state index contributed by atoms with van der Waals surface area (Å²) >= 11 is -2.01. The molecule has 13 heteroatoms. The van der Waals surface area contributed by atoms with Gasteiger partial charge in [-0.2, -0.15) is 0 Å². The molecule has 1 aliphatic rings. The first-order valence-corrected chi connectivity index (χ1v) is 16.1. The van der Waals surface area contributed by atoms with E-state index in [4.69, 9.17) is 9.88 Å². The molecule has 44 heavy (non-hydrogen) atoms. The molecule has 3 aromatic rings. The third-order valence-electron chi connectivity index (χ3n) is 7.69. The average molecular weight is 652 g/mol. The number of alkyl halides is 3. The Balaban J connectivity index is 1.56. The molecule has 4 N–H and O–H groups in total. The highest BCUT2D eigenvalue weighted by Gasteiger charge is 2.46. The van der Waals surface area contributed by atoms with Crippen molar-refractivity contribution in [2.75, 3.05) is 18.2 Å². The van der Waals surface area contributed by atoms with Crippen LogP contribution in [0.5, 0.6) is 5.75 Å². The number of methoxy groups -OCH3 is 1. The second-order valence-corrected chi connectivity index (χ2v) is 12.8. The van der Waals surface area contributed by atoms with Crippen molar-refractivity contribution in [2.45, 2.75) is 49.1 Å². The smallest absolute Gasteiger partial charge is 0.578 e. The zero-order chi connectivity index (χ0) is 32.0. The molecule has 236 valence electrons. The minimum atomic E-state index is -4.94. The van der Waals surface area contributed by atoms with E-state index in [-0.39, 0.29) is 28.5 Å². The van der Waals surface area contributed by atoms with Crippen molar-refractivity contribution < 1.29 is 36.4 Å². The molecular weight excluding hydrogens is 618 g/mol. The lowest BCUT2D eigenvalue weighted by atomic mass is 9.77. The van der Waals surface area contributed by atoms with Gasteiger partial charge in [0.1, 0.15) is 11.6 Å². The molecule has 1 fully saturated rings. The molecule has 0 heterocycles. The van der Waals surface area contributed by atoms with Crippen molar-refractivity contribution in [3.05, 3.63) is 77.6 Å². The van der Waals surface area contributed by atoms with Gasteiger partial charge >= 0.3 is 5.51 Å². The average Bonchev–Trinajstić information content (AvgIpc) is 3.00. The molecule has 4 rings (SSSR count). The molecule has 0 aromatic heterocycles. The van der Waals surface area contributed by atoms with E-state index in [0.29, 0.717) is 18.4 Å². The lowest BCUT2D eigenvalue weighted by Gasteiger charge is -2.36. The molecule has 3 aromatic carbocycles. The minimum Gasteiger partial charge on any atom is -0.604 e. The summed E-state index contributed by atoms with van der Waals surface area (Å²) in [6.45, 7) is 1.90. The summed E-state index contributed by atoms with van der Waals surface area (Å²) in [6.07, 6.45) is 2.62. The van der Waals surface area contributed by atoms with Gasteiger partial charge in [0.25, 0.3) is 5.91 Å². The van der Waals surface area contributed by atoms with Gasteiger partial charge in [-0.3, -0.25) is 14.7 Å². The number of carbonyl (C=O) groups excluding carboxylic acids is 2. The number of rotatable bonds is 10. The fourth-order valence-corrected chi connectivity index (χ4v) is 6.45. The molecule has 0 bridgehead atoms. The molecule has 1 aliphatic carbocycles. The summed E-state index contributed by atoms with van der Waals surface area (Å²) in [5.74, 6) is -1.66. The van der Waals surface area contributed by atoms with Gasteiger partial charge in [0.2, 0.25) is 5.91 Å². The minimum absolute atomic E-state index is 0.0271. The molecule has 0 aliphatic heterocycles. The molecule has 3 unspecified atom stereocenters. The Hall–Kier alpha value is -3.26. The van der Waals surface area contributed by atoms with Crippen LogP contribution in [0.3, 0.4) is 0 Å². The van der Waals surface area contributed by atoms with Crippen molar-refractivity contribution in [1.29, 1.82) is 0 Å². The number of hydrogen-bond donors (Lipinski definition) is 3. The van der Waals surface area contributed by atoms with E-state index in [2.05, 4.69) is 10.6 Å². The molecule has 7 nitrogen and oxygen atoms in total. The van der Waals surface area contributed by atoms with Crippen LogP contribution >= 0.6 is 11.9 Å². The fraction of sp³-hybridized carbons (Fsp3) is 0.355. The largest absolute Gasteiger partial charge is 0.604 e. The molecule has 0 radical (unpaired) electrons. The summed E-state index contributed by atoms with van der Waals surface area (Å²) in [5.41, 5.74) is -2.98. The maximum Gasteiger partial charge on any atom is 0.578 e. The molecule has 1 saturated carbocycles. The maximum atomic E-state index is 15.1. The van der Waals surface area contributed by atoms with E-state index in [1.165, 1.54) is 37.3 Å². The van der Waals surface area contributed by atoms with E-state index < -0.39 is 51.2 Å². The van der Waals surface area contributed by atoms with Gasteiger partial charge in [0.15, 0.2) is 4.90 Å². The third-order valence-corrected chi connectivity index (χ3v) is 9.23. The zero-order valence-corrected chi connectivity index (χ0v) is 25.7. The number of aryl methyl sites for hydroxylation is 1. The Labute approximate surface area is 260 Å². The third kappa shape index (κ3) is 8.06. The van der Waals surface area contributed by atoms with Crippen LogP contribution < -0.4 is 20.5 Å². The molecule has 2 amide bonds. The van der Waals surface area contributed by atoms with Crippen molar-refractivity contribution in [3.8, 4) is 16.9 Å². The molecule has 0 saturated heterocycles. The second kappa shape index (κ2) is 14.7. The van der Waals surface area contributed by atoms with Crippen LogP contribution in [-0.4, -0.2) is 40.8 Å². The topological polar surface area (TPSA) is 117 Å². The summed E-state index contributed by atoms with van der Waals surface area (Å²) in [4.78, 5) is 26.5. The number of halogens is 4. The predicted octanol–water partition coefficient (Wildman–Crippen LogP) is 6.45. The monoisotopic (exact) mass is 651 g/mol. The fourth-order valence-electron chi connectivity index (χ4n) is 5.39. The lowest BCUT2D eigenvalue weighted by Crippen LogP contribution is -2.50. The standard InChI is InChI=1S/C31H33F4N3O4S2/c1-18-5-3-8-23(29(39)37-21-6-4-7-22(15-21)44(41)31(33,34)35)28(18)38-30(40)25-16-24(26(32)17-27(25)42-2)20-11-9-19(10-12-20)13-14-43-36/h4,6-7,9-12,15-18,23,28H,3,5,8,13-14,36H2,1-2H3,(H,37,39)(H,38,40)/t18-,23?,28?,44?/m0/s1. The highest BCUT2D eigenvalue weighted by molar-refractivity contribution is 7.97. The number of nitrogens with two attached hydrogens (primary N) is 1. The van der Waals surface area contributed by atoms with Gasteiger partial charge in [-0.15, -0.1) is 13.2 Å². The number of anilines is 1. The Morgan fingerprint density at radius 2 is 1.84 bits per heavy atom. The van der Waals surface area contributed by atoms with E-state index in [1.54, 1.807) is 12.1 Å². The Morgan fingerprint density at radius 3 is 2.50 bits per heavy atom. The van der Waals surface area contributed by atoms with E-state index in [1.807, 2.05) is 19.1 Å². The second-order valence-electron chi connectivity index (χ2n) is 10.6. The number of ether oxygens (including phenoxy) is 1. The maximum absolute atomic E-state index is 15.1. The first-order chi connectivity index (χ1) is 20.9. The summed E-state index contributed by atoms with van der Waals surface area (Å²) in [6, 6.07) is 14.0. The summed E-state index contributed by atoms with van der Waals surface area (Å²) < 4.78 is 71.2. The van der Waals surface area contributed by atoms with Crippen LogP contribution in [0.2, 0.25) is 0 Å². The van der Waals surface area contributed by atoms with Crippen LogP contribution in [0.15, 0.2) is 65.6 Å². The van der Waals surface area contributed by atoms with Gasteiger partial charge in [0.05, 0.1) is 29.8 Å². The number of benzene rings is 3. The first kappa shape index (κ1) is 33.6. The summed E-state index contributed by atoms with van der Waals surface area (Å²) in [5, 5.41) is 11.1. The van der Waals surface area contributed by atoms with Crippen LogP contribution in [0.25, 0.3) is 11.1 Å². The summed E-state index contributed by atoms with van der Waals surface area (Å²) in [7, 11) is 1.33. The predicted molar refractivity (Wildman–Crippen MR) is 164 cm³/mol. The van der Waals surface area contributed by atoms with Crippen molar-refractivity contribution in [2.24, 2.45) is 17.0 Å². The number of nitrogens with one attached hydrogen (secondary N) is 2. The van der Waals surface area contributed by atoms with Crippen molar-refractivity contribution in [3.63, 3.8) is 0 Å². The van der Waals surface area contributed by atoms with Crippen LogP contribution in [0, 0.1) is 17.7 Å². The normalized spacial score (nSPS) is 19.2. The van der Waals surface area contributed by atoms with Gasteiger partial charge < -0.3 is 19.9 Å². The molecule has 0 spiro atoms. The van der Waals surface area contributed by atoms with E-state index in [0.717, 1.165) is 42.4 Å². The SMILES string of the molecule is COc1cc(F)c(-c2ccc(CCSN)cc2)cc1C(=O)NC1C(C(=O)Nc2cccc([S+]([O-])C(F)(F)F)c2)CCC[C@@H]1C. The van der Waals surface area contributed by atoms with E-state index in [9.17, 15) is 27.3 Å². The quantitative estimate of drug-likeness (QED) is 0.132.